The molecule has 3 aromatic carbocycles. The molecule has 0 saturated heterocycles. The van der Waals surface area contributed by atoms with Gasteiger partial charge in [0.15, 0.2) is 11.5 Å². The van der Waals surface area contributed by atoms with Gasteiger partial charge in [0, 0.05) is 0 Å². The van der Waals surface area contributed by atoms with Crippen LogP contribution in [-0.2, 0) is 14.8 Å². The fourth-order valence-electron chi connectivity index (χ4n) is 3.03. The Morgan fingerprint density at radius 3 is 2.40 bits per heavy atom. The molecule has 0 atom stereocenters. The van der Waals surface area contributed by atoms with Gasteiger partial charge in [-0.15, -0.1) is 0 Å². The minimum Gasteiger partial charge on any atom is -0.493 e. The lowest BCUT2D eigenvalue weighted by molar-refractivity contribution is -0.119. The summed E-state index contributed by atoms with van der Waals surface area (Å²) in [4.78, 5) is 12.7. The Labute approximate surface area is 221 Å². The van der Waals surface area contributed by atoms with Crippen LogP contribution in [0.15, 0.2) is 75.1 Å². The van der Waals surface area contributed by atoms with Gasteiger partial charge >= 0.3 is 0 Å². The zero-order valence-corrected chi connectivity index (χ0v) is 22.5. The number of carbonyl (C=O) groups is 1. The van der Waals surface area contributed by atoms with Crippen molar-refractivity contribution in [3.8, 4) is 11.5 Å². The second-order valence-electron chi connectivity index (χ2n) is 6.95. The van der Waals surface area contributed by atoms with E-state index in [0.717, 1.165) is 4.31 Å². The number of anilines is 1. The summed E-state index contributed by atoms with van der Waals surface area (Å²) in [6.45, 7) is -0.553. The van der Waals surface area contributed by atoms with Crippen molar-refractivity contribution in [2.45, 2.75) is 4.90 Å². The van der Waals surface area contributed by atoms with Crippen LogP contribution in [0.1, 0.15) is 5.56 Å². The van der Waals surface area contributed by atoms with E-state index in [9.17, 15) is 13.2 Å². The Bertz CT molecular complexity index is 1350. The van der Waals surface area contributed by atoms with Gasteiger partial charge in [-0.05, 0) is 64.0 Å². The molecule has 1 N–H and O–H groups in total. The van der Waals surface area contributed by atoms with Crippen molar-refractivity contribution < 1.29 is 22.7 Å². The SMILES string of the molecule is COc1cc(/C=N\NC(=O)CN(c2ccc(Cl)c(Cl)c2)S(=O)(=O)c2ccccc2)cc(Br)c1OC. The van der Waals surface area contributed by atoms with Gasteiger partial charge in [-0.2, -0.15) is 5.10 Å². The molecular formula is C23H20BrCl2N3O5S. The first-order valence-corrected chi connectivity index (χ1v) is 12.9. The smallest absolute Gasteiger partial charge is 0.264 e. The van der Waals surface area contributed by atoms with Gasteiger partial charge in [-0.1, -0.05) is 41.4 Å². The highest BCUT2D eigenvalue weighted by atomic mass is 79.9. The molecule has 0 heterocycles. The molecule has 184 valence electrons. The van der Waals surface area contributed by atoms with Crippen LogP contribution in [0.25, 0.3) is 0 Å². The summed E-state index contributed by atoms with van der Waals surface area (Å²) in [5, 5.41) is 4.34. The van der Waals surface area contributed by atoms with Crippen molar-refractivity contribution in [2.24, 2.45) is 5.10 Å². The van der Waals surface area contributed by atoms with Gasteiger partial charge in [0.1, 0.15) is 6.54 Å². The molecule has 0 spiro atoms. The van der Waals surface area contributed by atoms with E-state index in [1.165, 1.54) is 50.8 Å². The average Bonchev–Trinajstić information content (AvgIpc) is 2.84. The number of amides is 1. The Morgan fingerprint density at radius 2 is 1.77 bits per heavy atom. The number of benzene rings is 3. The van der Waals surface area contributed by atoms with Crippen molar-refractivity contribution in [3.63, 3.8) is 0 Å². The van der Waals surface area contributed by atoms with Crippen molar-refractivity contribution in [1.29, 1.82) is 0 Å². The van der Waals surface area contributed by atoms with Crippen LogP contribution in [-0.4, -0.2) is 41.3 Å². The fraction of sp³-hybridized carbons (Fsp3) is 0.130. The molecule has 0 radical (unpaired) electrons. The van der Waals surface area contributed by atoms with Crippen LogP contribution in [0.5, 0.6) is 11.5 Å². The lowest BCUT2D eigenvalue weighted by atomic mass is 10.2. The molecule has 3 aromatic rings. The molecular weight excluding hydrogens is 581 g/mol. The molecule has 0 saturated carbocycles. The Balaban J connectivity index is 1.85. The van der Waals surface area contributed by atoms with Gasteiger partial charge in [-0.25, -0.2) is 13.8 Å². The Kier molecular flexibility index (Phi) is 9.01. The Hall–Kier alpha value is -2.79. The number of methoxy groups -OCH3 is 2. The standard InChI is InChI=1S/C23H20BrCl2N3O5S/c1-33-21-11-15(10-18(24)23(21)34-2)13-27-28-22(30)14-29(16-8-9-19(25)20(26)12-16)35(31,32)17-6-4-3-5-7-17/h3-13H,14H2,1-2H3,(H,28,30)/b27-13-. The summed E-state index contributed by atoms with van der Waals surface area (Å²) in [6, 6.07) is 15.4. The molecule has 1 amide bonds. The summed E-state index contributed by atoms with van der Waals surface area (Å²) >= 11 is 15.5. The highest BCUT2D eigenvalue weighted by molar-refractivity contribution is 9.10. The molecule has 0 unspecified atom stereocenters. The number of ether oxygens (including phenoxy) is 2. The van der Waals surface area contributed by atoms with Gasteiger partial charge < -0.3 is 9.47 Å². The lowest BCUT2D eigenvalue weighted by Gasteiger charge is -2.24. The van der Waals surface area contributed by atoms with Gasteiger partial charge in [0.2, 0.25) is 0 Å². The van der Waals surface area contributed by atoms with Crippen molar-refractivity contribution in [1.82, 2.24) is 5.43 Å². The molecule has 0 aliphatic rings. The van der Waals surface area contributed by atoms with Gasteiger partial charge in [0.05, 0.1) is 45.5 Å². The monoisotopic (exact) mass is 599 g/mol. The van der Waals surface area contributed by atoms with Gasteiger partial charge in [0.25, 0.3) is 15.9 Å². The number of halogens is 3. The number of hydrogen-bond acceptors (Lipinski definition) is 6. The Morgan fingerprint density at radius 1 is 1.06 bits per heavy atom. The zero-order chi connectivity index (χ0) is 25.6. The fourth-order valence-corrected chi connectivity index (χ4v) is 5.38. The molecule has 0 fully saturated rings. The van der Waals surface area contributed by atoms with E-state index in [1.807, 2.05) is 0 Å². The number of sulfonamides is 1. The van der Waals surface area contributed by atoms with E-state index >= 15 is 0 Å². The largest absolute Gasteiger partial charge is 0.493 e. The van der Waals surface area contributed by atoms with Gasteiger partial charge in [-0.3, -0.25) is 9.10 Å². The summed E-state index contributed by atoms with van der Waals surface area (Å²) in [5.74, 6) is 0.304. The quantitative estimate of drug-likeness (QED) is 0.272. The molecule has 8 nitrogen and oxygen atoms in total. The molecule has 0 aliphatic heterocycles. The lowest BCUT2D eigenvalue weighted by Crippen LogP contribution is -2.39. The van der Waals surface area contributed by atoms with E-state index in [0.29, 0.717) is 21.5 Å². The third-order valence-electron chi connectivity index (χ3n) is 4.67. The minimum absolute atomic E-state index is 0.0116. The van der Waals surface area contributed by atoms with Crippen LogP contribution >= 0.6 is 39.1 Å². The summed E-state index contributed by atoms with van der Waals surface area (Å²) in [6.07, 6.45) is 1.39. The average molecular weight is 601 g/mol. The number of carbonyl (C=O) groups excluding carboxylic acids is 1. The molecule has 35 heavy (non-hydrogen) atoms. The maximum atomic E-state index is 13.3. The highest BCUT2D eigenvalue weighted by Crippen LogP contribution is 2.36. The maximum Gasteiger partial charge on any atom is 0.264 e. The topological polar surface area (TPSA) is 97.3 Å². The second-order valence-corrected chi connectivity index (χ2v) is 10.5. The number of nitrogens with one attached hydrogen (secondary N) is 1. The van der Waals surface area contributed by atoms with Crippen molar-refractivity contribution in [2.75, 3.05) is 25.1 Å². The summed E-state index contributed by atoms with van der Waals surface area (Å²) in [5.41, 5.74) is 3.12. The number of rotatable bonds is 9. The third-order valence-corrected chi connectivity index (χ3v) is 7.78. The van der Waals surface area contributed by atoms with Crippen LogP contribution in [0.3, 0.4) is 0 Å². The normalized spacial score (nSPS) is 11.3. The molecule has 0 aromatic heterocycles. The van der Waals surface area contributed by atoms with Crippen LogP contribution in [0.2, 0.25) is 10.0 Å². The number of nitrogens with zero attached hydrogens (tertiary/aromatic N) is 2. The van der Waals surface area contributed by atoms with Crippen LogP contribution < -0.4 is 19.2 Å². The number of hydrogen-bond donors (Lipinski definition) is 1. The van der Waals surface area contributed by atoms with Crippen LogP contribution in [0, 0.1) is 0 Å². The van der Waals surface area contributed by atoms with E-state index < -0.39 is 22.5 Å². The van der Waals surface area contributed by atoms with Crippen molar-refractivity contribution in [3.05, 3.63) is 80.7 Å². The predicted octanol–water partition coefficient (Wildman–Crippen LogP) is 5.12. The summed E-state index contributed by atoms with van der Waals surface area (Å²) < 4.78 is 38.8. The van der Waals surface area contributed by atoms with E-state index in [1.54, 1.807) is 30.3 Å². The highest BCUT2D eigenvalue weighted by Gasteiger charge is 2.27. The van der Waals surface area contributed by atoms with E-state index in [-0.39, 0.29) is 20.6 Å². The van der Waals surface area contributed by atoms with E-state index in [4.69, 9.17) is 32.7 Å². The van der Waals surface area contributed by atoms with Crippen molar-refractivity contribution >= 4 is 67.0 Å². The number of hydrazone groups is 1. The molecule has 0 aliphatic carbocycles. The second kappa shape index (κ2) is 11.8. The summed E-state index contributed by atoms with van der Waals surface area (Å²) in [7, 11) is -1.08. The zero-order valence-electron chi connectivity index (χ0n) is 18.5. The molecule has 12 heteroatoms. The third kappa shape index (κ3) is 6.46. The van der Waals surface area contributed by atoms with Crippen LogP contribution in [0.4, 0.5) is 5.69 Å². The first kappa shape index (κ1) is 26.8. The first-order chi connectivity index (χ1) is 16.7. The molecule has 3 rings (SSSR count). The first-order valence-electron chi connectivity index (χ1n) is 9.93. The minimum atomic E-state index is -4.10. The maximum absolute atomic E-state index is 13.3. The van der Waals surface area contributed by atoms with E-state index in [2.05, 4.69) is 26.5 Å². The predicted molar refractivity (Wildman–Crippen MR) is 140 cm³/mol. The molecule has 0 bridgehead atoms.